The molecule has 2 heterocycles. The third-order valence-corrected chi connectivity index (χ3v) is 3.45. The largest absolute Gasteiger partial charge is 0.452 e. The molecule has 0 fully saturated rings. The van der Waals surface area contributed by atoms with Gasteiger partial charge in [0.15, 0.2) is 12.4 Å². The number of anilines is 2. The highest BCUT2D eigenvalue weighted by atomic mass is 16.5. The van der Waals surface area contributed by atoms with Gasteiger partial charge < -0.3 is 19.8 Å². The predicted octanol–water partition coefficient (Wildman–Crippen LogP) is 1.93. The standard InChI is InChI=1S/C16H17N5O3/c1-9-10-6-4-5-7-11(10)24-13(9)14(22)23-8-12-18-15(17)20-16(19-12)21(2)3/h4-7H,8H2,1-3H3,(H2,17,18,19,20). The predicted molar refractivity (Wildman–Crippen MR) is 88.6 cm³/mol. The van der Waals surface area contributed by atoms with E-state index in [1.165, 1.54) is 0 Å². The Kier molecular flexibility index (Phi) is 4.03. The van der Waals surface area contributed by atoms with Gasteiger partial charge in [0.25, 0.3) is 0 Å². The maximum atomic E-state index is 12.3. The monoisotopic (exact) mass is 327 g/mol. The molecule has 0 aliphatic rings. The van der Waals surface area contributed by atoms with Crippen molar-refractivity contribution in [2.45, 2.75) is 13.5 Å². The fourth-order valence-corrected chi connectivity index (χ4v) is 2.25. The van der Waals surface area contributed by atoms with E-state index in [1.807, 2.05) is 25.1 Å². The molecule has 2 aromatic heterocycles. The number of hydrogen-bond donors (Lipinski definition) is 1. The zero-order valence-corrected chi connectivity index (χ0v) is 13.6. The van der Waals surface area contributed by atoms with Crippen molar-refractivity contribution in [3.05, 3.63) is 41.4 Å². The number of nitrogens with zero attached hydrogens (tertiary/aromatic N) is 4. The maximum Gasteiger partial charge on any atom is 0.375 e. The van der Waals surface area contributed by atoms with Crippen molar-refractivity contribution in [3.8, 4) is 0 Å². The van der Waals surface area contributed by atoms with Gasteiger partial charge in [-0.3, -0.25) is 0 Å². The first-order chi connectivity index (χ1) is 11.5. The van der Waals surface area contributed by atoms with Crippen LogP contribution in [0.4, 0.5) is 11.9 Å². The van der Waals surface area contributed by atoms with E-state index in [-0.39, 0.29) is 24.1 Å². The molecule has 0 unspecified atom stereocenters. The molecule has 0 saturated heterocycles. The van der Waals surface area contributed by atoms with E-state index in [0.717, 1.165) is 10.9 Å². The quantitative estimate of drug-likeness (QED) is 0.724. The Balaban J connectivity index is 1.79. The second kappa shape index (κ2) is 6.15. The van der Waals surface area contributed by atoms with Crippen molar-refractivity contribution in [2.75, 3.05) is 24.7 Å². The van der Waals surface area contributed by atoms with Crippen molar-refractivity contribution in [1.82, 2.24) is 15.0 Å². The Morgan fingerprint density at radius 3 is 2.71 bits per heavy atom. The van der Waals surface area contributed by atoms with Gasteiger partial charge in [-0.25, -0.2) is 4.79 Å². The molecule has 24 heavy (non-hydrogen) atoms. The molecule has 8 heteroatoms. The molecule has 8 nitrogen and oxygen atoms in total. The fraction of sp³-hybridized carbons (Fsp3) is 0.250. The number of aryl methyl sites for hydroxylation is 1. The number of ether oxygens (including phenoxy) is 1. The smallest absolute Gasteiger partial charge is 0.375 e. The van der Waals surface area contributed by atoms with Crippen LogP contribution in [0.25, 0.3) is 11.0 Å². The van der Waals surface area contributed by atoms with E-state index >= 15 is 0 Å². The fourth-order valence-electron chi connectivity index (χ4n) is 2.25. The molecule has 0 atom stereocenters. The van der Waals surface area contributed by atoms with E-state index in [0.29, 0.717) is 11.5 Å². The molecule has 3 aromatic rings. The summed E-state index contributed by atoms with van der Waals surface area (Å²) in [5.74, 6) is 0.335. The highest BCUT2D eigenvalue weighted by Crippen LogP contribution is 2.25. The second-order valence-electron chi connectivity index (χ2n) is 5.43. The number of fused-ring (bicyclic) bond motifs is 1. The highest BCUT2D eigenvalue weighted by Gasteiger charge is 2.19. The number of esters is 1. The number of rotatable bonds is 4. The highest BCUT2D eigenvalue weighted by molar-refractivity contribution is 5.95. The summed E-state index contributed by atoms with van der Waals surface area (Å²) in [6.45, 7) is 1.69. The minimum Gasteiger partial charge on any atom is -0.452 e. The van der Waals surface area contributed by atoms with Crippen LogP contribution in [0.2, 0.25) is 0 Å². The van der Waals surface area contributed by atoms with Crippen LogP contribution < -0.4 is 10.6 Å². The van der Waals surface area contributed by atoms with Crippen LogP contribution in [-0.2, 0) is 11.3 Å². The maximum absolute atomic E-state index is 12.3. The van der Waals surface area contributed by atoms with Crippen molar-refractivity contribution < 1.29 is 13.9 Å². The minimum absolute atomic E-state index is 0.0691. The van der Waals surface area contributed by atoms with E-state index < -0.39 is 5.97 Å². The van der Waals surface area contributed by atoms with E-state index in [9.17, 15) is 4.79 Å². The first kappa shape index (κ1) is 15.7. The summed E-state index contributed by atoms with van der Waals surface area (Å²) in [6, 6.07) is 7.42. The van der Waals surface area contributed by atoms with Gasteiger partial charge in [-0.05, 0) is 13.0 Å². The molecular weight excluding hydrogens is 310 g/mol. The van der Waals surface area contributed by atoms with Crippen LogP contribution in [0.15, 0.2) is 28.7 Å². The third-order valence-electron chi connectivity index (χ3n) is 3.45. The van der Waals surface area contributed by atoms with E-state index in [2.05, 4.69) is 15.0 Å². The lowest BCUT2D eigenvalue weighted by Gasteiger charge is -2.11. The number of hydrogen-bond acceptors (Lipinski definition) is 8. The zero-order valence-electron chi connectivity index (χ0n) is 13.6. The molecular formula is C16H17N5O3. The number of carbonyl (C=O) groups excluding carboxylic acids is 1. The molecule has 0 aliphatic carbocycles. The summed E-state index contributed by atoms with van der Waals surface area (Å²) in [7, 11) is 3.56. The first-order valence-corrected chi connectivity index (χ1v) is 7.28. The summed E-state index contributed by atoms with van der Waals surface area (Å²) in [5.41, 5.74) is 7.02. The Hall–Kier alpha value is -3.16. The lowest BCUT2D eigenvalue weighted by molar-refractivity contribution is 0.0427. The van der Waals surface area contributed by atoms with Crippen molar-refractivity contribution >= 4 is 28.8 Å². The molecule has 0 bridgehead atoms. The number of benzene rings is 1. The number of nitrogen functional groups attached to an aromatic ring is 1. The first-order valence-electron chi connectivity index (χ1n) is 7.28. The lowest BCUT2D eigenvalue weighted by atomic mass is 10.1. The van der Waals surface area contributed by atoms with Crippen molar-refractivity contribution in [1.29, 1.82) is 0 Å². The van der Waals surface area contributed by atoms with Gasteiger partial charge in [0.1, 0.15) is 5.58 Å². The zero-order chi connectivity index (χ0) is 17.3. The summed E-state index contributed by atoms with van der Waals surface area (Å²) in [5, 5.41) is 0.878. The molecule has 0 spiro atoms. The molecule has 2 N–H and O–H groups in total. The van der Waals surface area contributed by atoms with Crippen LogP contribution in [-0.4, -0.2) is 35.0 Å². The van der Waals surface area contributed by atoms with E-state index in [4.69, 9.17) is 14.9 Å². The Bertz CT molecular complexity index is 904. The molecule has 1 aromatic carbocycles. The van der Waals surface area contributed by atoms with Crippen molar-refractivity contribution in [2.24, 2.45) is 0 Å². The van der Waals surface area contributed by atoms with Crippen LogP contribution in [0.5, 0.6) is 0 Å². The van der Waals surface area contributed by atoms with Gasteiger partial charge in [-0.15, -0.1) is 0 Å². The number of para-hydroxylation sites is 1. The van der Waals surface area contributed by atoms with Crippen LogP contribution in [0.1, 0.15) is 21.9 Å². The number of aromatic nitrogens is 3. The molecule has 0 amide bonds. The van der Waals surface area contributed by atoms with Crippen LogP contribution in [0.3, 0.4) is 0 Å². The van der Waals surface area contributed by atoms with Crippen molar-refractivity contribution in [3.63, 3.8) is 0 Å². The van der Waals surface area contributed by atoms with Crippen LogP contribution >= 0.6 is 0 Å². The average Bonchev–Trinajstić information content (AvgIpc) is 2.89. The molecule has 0 saturated carbocycles. The average molecular weight is 327 g/mol. The number of carbonyl (C=O) groups is 1. The van der Waals surface area contributed by atoms with E-state index in [1.54, 1.807) is 25.1 Å². The molecule has 0 radical (unpaired) electrons. The van der Waals surface area contributed by atoms with Gasteiger partial charge >= 0.3 is 5.97 Å². The number of furan rings is 1. The Morgan fingerprint density at radius 1 is 1.25 bits per heavy atom. The molecule has 3 rings (SSSR count). The van der Waals surface area contributed by atoms with Gasteiger partial charge in [0.2, 0.25) is 17.7 Å². The SMILES string of the molecule is Cc1c(C(=O)OCc2nc(N)nc(N(C)C)n2)oc2ccccc12. The van der Waals surface area contributed by atoms with Gasteiger partial charge in [0, 0.05) is 25.0 Å². The van der Waals surface area contributed by atoms with Gasteiger partial charge in [-0.2, -0.15) is 15.0 Å². The summed E-state index contributed by atoms with van der Waals surface area (Å²) < 4.78 is 10.8. The normalized spacial score (nSPS) is 10.8. The minimum atomic E-state index is -0.575. The Morgan fingerprint density at radius 2 is 2.00 bits per heavy atom. The third kappa shape index (κ3) is 2.98. The lowest BCUT2D eigenvalue weighted by Crippen LogP contribution is -2.17. The molecule has 0 aliphatic heterocycles. The summed E-state index contributed by atoms with van der Waals surface area (Å²) >= 11 is 0. The number of nitrogens with two attached hydrogens (primary N) is 1. The summed E-state index contributed by atoms with van der Waals surface area (Å²) in [4.78, 5) is 26.1. The van der Waals surface area contributed by atoms with Gasteiger partial charge in [0.05, 0.1) is 0 Å². The topological polar surface area (TPSA) is 107 Å². The Labute approximate surface area is 138 Å². The molecule has 124 valence electrons. The second-order valence-corrected chi connectivity index (χ2v) is 5.43. The summed E-state index contributed by atoms with van der Waals surface area (Å²) in [6.07, 6.45) is 0. The van der Waals surface area contributed by atoms with Gasteiger partial charge in [-0.1, -0.05) is 18.2 Å². The van der Waals surface area contributed by atoms with Crippen LogP contribution in [0, 0.1) is 6.92 Å².